The standard InChI is InChI=1S/C29H29ClN6O3S/c1-19-6-7-32-29(34-19)40-27-5-4-21(14-23(27)30)35-28-20(17-31)18-33-24-16-26(25(37-2)15-22(24)28)39-11-3-8-36-9-12-38-13-10-36/h4-7,14-16,18H,3,8-13H2,1-2H3,(H,33,35). The summed E-state index contributed by atoms with van der Waals surface area (Å²) in [5.74, 6) is 1.18. The highest BCUT2D eigenvalue weighted by molar-refractivity contribution is 7.99. The summed E-state index contributed by atoms with van der Waals surface area (Å²) >= 11 is 8.01. The van der Waals surface area contributed by atoms with Crippen LogP contribution in [0.5, 0.6) is 11.5 Å². The third kappa shape index (κ3) is 6.74. The van der Waals surface area contributed by atoms with Crippen LogP contribution >= 0.6 is 23.4 Å². The monoisotopic (exact) mass is 576 g/mol. The Morgan fingerprint density at radius 1 is 1.15 bits per heavy atom. The molecule has 0 aliphatic carbocycles. The molecule has 1 aliphatic heterocycles. The molecule has 1 aliphatic rings. The largest absolute Gasteiger partial charge is 0.493 e. The SMILES string of the molecule is COc1cc2c(Nc3ccc(Sc4nccc(C)n4)c(Cl)c3)c(C#N)cnc2cc1OCCCN1CCOCC1. The number of hydrogen-bond acceptors (Lipinski definition) is 10. The van der Waals surface area contributed by atoms with Gasteiger partial charge >= 0.3 is 0 Å². The van der Waals surface area contributed by atoms with Crippen LogP contribution in [0.25, 0.3) is 10.9 Å². The Bertz CT molecular complexity index is 1540. The van der Waals surface area contributed by atoms with Gasteiger partial charge in [-0.2, -0.15) is 5.26 Å². The number of rotatable bonds is 10. The van der Waals surface area contributed by atoms with Crippen LogP contribution in [0, 0.1) is 18.3 Å². The molecule has 1 fully saturated rings. The van der Waals surface area contributed by atoms with E-state index >= 15 is 0 Å². The van der Waals surface area contributed by atoms with Crippen molar-refractivity contribution in [2.75, 3.05) is 51.9 Å². The van der Waals surface area contributed by atoms with E-state index in [1.54, 1.807) is 19.5 Å². The average Bonchev–Trinajstić information content (AvgIpc) is 2.97. The van der Waals surface area contributed by atoms with Gasteiger partial charge in [0.05, 0.1) is 48.7 Å². The van der Waals surface area contributed by atoms with Gasteiger partial charge in [0, 0.05) is 59.8 Å². The zero-order valence-electron chi connectivity index (χ0n) is 22.3. The van der Waals surface area contributed by atoms with Crippen molar-refractivity contribution in [1.29, 1.82) is 5.26 Å². The number of aryl methyl sites for hydroxylation is 1. The predicted octanol–water partition coefficient (Wildman–Crippen LogP) is 5.86. The molecule has 5 rings (SSSR count). The molecule has 206 valence electrons. The lowest BCUT2D eigenvalue weighted by Gasteiger charge is -2.26. The summed E-state index contributed by atoms with van der Waals surface area (Å²) in [6.45, 7) is 6.89. The molecule has 2 aromatic carbocycles. The highest BCUT2D eigenvalue weighted by Crippen LogP contribution is 2.39. The van der Waals surface area contributed by atoms with Crippen molar-refractivity contribution in [3.8, 4) is 17.6 Å². The fraction of sp³-hybridized carbons (Fsp3) is 0.310. The van der Waals surface area contributed by atoms with Crippen molar-refractivity contribution in [3.63, 3.8) is 0 Å². The van der Waals surface area contributed by atoms with E-state index in [2.05, 4.69) is 31.2 Å². The van der Waals surface area contributed by atoms with Crippen molar-refractivity contribution >= 4 is 45.6 Å². The van der Waals surface area contributed by atoms with E-state index in [-0.39, 0.29) is 0 Å². The Hall–Kier alpha value is -3.62. The summed E-state index contributed by atoms with van der Waals surface area (Å²) in [6, 6.07) is 13.4. The molecule has 2 aromatic heterocycles. The van der Waals surface area contributed by atoms with Crippen molar-refractivity contribution in [1.82, 2.24) is 19.9 Å². The lowest BCUT2D eigenvalue weighted by atomic mass is 10.1. The molecular formula is C29H29ClN6O3S. The minimum atomic E-state index is 0.400. The van der Waals surface area contributed by atoms with E-state index < -0.39 is 0 Å². The highest BCUT2D eigenvalue weighted by atomic mass is 35.5. The number of benzene rings is 2. The molecule has 3 heterocycles. The summed E-state index contributed by atoms with van der Waals surface area (Å²) < 4.78 is 17.2. The smallest absolute Gasteiger partial charge is 0.192 e. The van der Waals surface area contributed by atoms with Crippen LogP contribution in [0.4, 0.5) is 11.4 Å². The van der Waals surface area contributed by atoms with Crippen LogP contribution in [-0.2, 0) is 4.74 Å². The third-order valence-electron chi connectivity index (χ3n) is 6.43. The number of methoxy groups -OCH3 is 1. The zero-order chi connectivity index (χ0) is 27.9. The molecule has 0 atom stereocenters. The van der Waals surface area contributed by atoms with Gasteiger partial charge in [0.25, 0.3) is 0 Å². The van der Waals surface area contributed by atoms with Crippen molar-refractivity contribution in [2.24, 2.45) is 0 Å². The van der Waals surface area contributed by atoms with Gasteiger partial charge in [-0.05, 0) is 55.4 Å². The van der Waals surface area contributed by atoms with Gasteiger partial charge in [0.15, 0.2) is 16.7 Å². The normalized spacial score (nSPS) is 13.7. The Morgan fingerprint density at radius 3 is 2.75 bits per heavy atom. The zero-order valence-corrected chi connectivity index (χ0v) is 23.9. The van der Waals surface area contributed by atoms with Crippen LogP contribution in [0.3, 0.4) is 0 Å². The van der Waals surface area contributed by atoms with Crippen LogP contribution in [0.2, 0.25) is 5.02 Å². The quantitative estimate of drug-likeness (QED) is 0.182. The first-order valence-electron chi connectivity index (χ1n) is 12.9. The van der Waals surface area contributed by atoms with Crippen LogP contribution < -0.4 is 14.8 Å². The number of halogens is 1. The van der Waals surface area contributed by atoms with Gasteiger partial charge in [0.2, 0.25) is 0 Å². The third-order valence-corrected chi connectivity index (χ3v) is 7.81. The molecule has 9 nitrogen and oxygen atoms in total. The number of anilines is 2. The Morgan fingerprint density at radius 2 is 2.00 bits per heavy atom. The van der Waals surface area contributed by atoms with Crippen LogP contribution in [-0.4, -0.2) is 66.4 Å². The molecule has 0 radical (unpaired) electrons. The number of morpholine rings is 1. The van der Waals surface area contributed by atoms with E-state index in [1.807, 2.05) is 43.3 Å². The van der Waals surface area contributed by atoms with Gasteiger partial charge in [0.1, 0.15) is 6.07 Å². The molecule has 1 N–H and O–H groups in total. The number of nitriles is 1. The number of nitrogens with one attached hydrogen (secondary N) is 1. The minimum Gasteiger partial charge on any atom is -0.493 e. The Balaban J connectivity index is 1.35. The number of fused-ring (bicyclic) bond motifs is 1. The summed E-state index contributed by atoms with van der Waals surface area (Å²) in [6.07, 6.45) is 4.17. The summed E-state index contributed by atoms with van der Waals surface area (Å²) in [5.41, 5.74) is 3.31. The summed E-state index contributed by atoms with van der Waals surface area (Å²) in [5, 5.41) is 15.1. The van der Waals surface area contributed by atoms with Gasteiger partial charge in [-0.15, -0.1) is 0 Å². The van der Waals surface area contributed by atoms with E-state index in [4.69, 9.17) is 25.8 Å². The number of ether oxygens (including phenoxy) is 3. The molecule has 4 aromatic rings. The van der Waals surface area contributed by atoms with E-state index in [1.165, 1.54) is 11.8 Å². The maximum Gasteiger partial charge on any atom is 0.192 e. The number of pyridine rings is 1. The topological polar surface area (TPSA) is 105 Å². The van der Waals surface area contributed by atoms with Gasteiger partial charge < -0.3 is 19.5 Å². The molecular weight excluding hydrogens is 548 g/mol. The molecule has 0 bridgehead atoms. The number of hydrogen-bond donors (Lipinski definition) is 1. The second kappa shape index (κ2) is 13.2. The minimum absolute atomic E-state index is 0.400. The lowest BCUT2D eigenvalue weighted by Crippen LogP contribution is -2.37. The first kappa shape index (κ1) is 27.9. The maximum absolute atomic E-state index is 9.83. The Labute approximate surface area is 242 Å². The fourth-order valence-electron chi connectivity index (χ4n) is 4.37. The van der Waals surface area contributed by atoms with Gasteiger partial charge in [-0.3, -0.25) is 9.88 Å². The first-order valence-corrected chi connectivity index (χ1v) is 14.1. The molecule has 0 amide bonds. The summed E-state index contributed by atoms with van der Waals surface area (Å²) in [4.78, 5) is 16.4. The lowest BCUT2D eigenvalue weighted by molar-refractivity contribution is 0.0357. The van der Waals surface area contributed by atoms with Crippen molar-refractivity contribution in [2.45, 2.75) is 23.4 Å². The van der Waals surface area contributed by atoms with E-state index in [0.29, 0.717) is 45.1 Å². The maximum atomic E-state index is 9.83. The van der Waals surface area contributed by atoms with Crippen molar-refractivity contribution < 1.29 is 14.2 Å². The highest BCUT2D eigenvalue weighted by Gasteiger charge is 2.16. The first-order chi connectivity index (χ1) is 19.5. The molecule has 1 saturated heterocycles. The molecule has 0 saturated carbocycles. The van der Waals surface area contributed by atoms with Crippen molar-refractivity contribution in [3.05, 3.63) is 65.1 Å². The van der Waals surface area contributed by atoms with E-state index in [0.717, 1.165) is 60.9 Å². The van der Waals surface area contributed by atoms with Crippen LogP contribution in [0.1, 0.15) is 17.7 Å². The van der Waals surface area contributed by atoms with Gasteiger partial charge in [-0.1, -0.05) is 11.6 Å². The summed E-state index contributed by atoms with van der Waals surface area (Å²) in [7, 11) is 1.60. The second-order valence-corrected chi connectivity index (χ2v) is 10.6. The fourth-order valence-corrected chi connectivity index (χ4v) is 5.45. The molecule has 40 heavy (non-hydrogen) atoms. The molecule has 0 unspecified atom stereocenters. The predicted molar refractivity (Wildman–Crippen MR) is 156 cm³/mol. The van der Waals surface area contributed by atoms with Gasteiger partial charge in [-0.25, -0.2) is 9.97 Å². The second-order valence-electron chi connectivity index (χ2n) is 9.19. The Kier molecular flexibility index (Phi) is 9.19. The van der Waals surface area contributed by atoms with E-state index in [9.17, 15) is 5.26 Å². The average molecular weight is 577 g/mol. The molecule has 11 heteroatoms. The van der Waals surface area contributed by atoms with Crippen LogP contribution in [0.15, 0.2) is 58.8 Å². The number of nitrogens with zero attached hydrogens (tertiary/aromatic N) is 5. The number of aromatic nitrogens is 3. The molecule has 0 spiro atoms.